The fraction of sp³-hybridized carbons (Fsp3) is 0.429. The molecule has 0 aliphatic heterocycles. The summed E-state index contributed by atoms with van der Waals surface area (Å²) in [4.78, 5) is 0. The van der Waals surface area contributed by atoms with E-state index >= 15 is 0 Å². The van der Waals surface area contributed by atoms with E-state index in [0.29, 0.717) is 12.6 Å². The first-order valence-electron chi connectivity index (χ1n) is 6.00. The van der Waals surface area contributed by atoms with Crippen LogP contribution in [0.4, 0.5) is 0 Å². The van der Waals surface area contributed by atoms with Crippen molar-refractivity contribution < 1.29 is 9.47 Å². The number of rotatable bonds is 7. The Balaban J connectivity index is 2.58. The Morgan fingerprint density at radius 3 is 2.42 bits per heavy atom. The number of benzene rings is 1. The first-order chi connectivity index (χ1) is 8.93. The first kappa shape index (κ1) is 16.5. The molecule has 0 aliphatic rings. The summed E-state index contributed by atoms with van der Waals surface area (Å²) in [7, 11) is 1.63. The van der Waals surface area contributed by atoms with Crippen LogP contribution in [-0.2, 0) is 0 Å². The highest BCUT2D eigenvalue weighted by molar-refractivity contribution is 9.11. The molecule has 0 fully saturated rings. The van der Waals surface area contributed by atoms with Gasteiger partial charge in [0.2, 0.25) is 0 Å². The Kier molecular flexibility index (Phi) is 6.89. The predicted octanol–water partition coefficient (Wildman–Crippen LogP) is 4.15. The van der Waals surface area contributed by atoms with E-state index in [0.717, 1.165) is 32.6 Å². The Labute approximate surface area is 131 Å². The summed E-state index contributed by atoms with van der Waals surface area (Å²) >= 11 is 6.90. The quantitative estimate of drug-likeness (QED) is 0.707. The molecule has 5 heteroatoms. The van der Waals surface area contributed by atoms with Crippen LogP contribution in [0, 0.1) is 0 Å². The maximum absolute atomic E-state index is 5.74. The molecule has 0 saturated carbocycles. The van der Waals surface area contributed by atoms with Crippen LogP contribution in [0.25, 0.3) is 0 Å². The van der Waals surface area contributed by atoms with Gasteiger partial charge in [-0.3, -0.25) is 0 Å². The molecule has 19 heavy (non-hydrogen) atoms. The molecule has 0 bridgehead atoms. The number of ether oxygens (including phenoxy) is 2. The second kappa shape index (κ2) is 7.92. The zero-order valence-electron chi connectivity index (χ0n) is 11.4. The largest absolute Gasteiger partial charge is 0.496 e. The lowest BCUT2D eigenvalue weighted by Gasteiger charge is -2.14. The molecule has 0 spiro atoms. The summed E-state index contributed by atoms with van der Waals surface area (Å²) in [6.07, 6.45) is 0. The maximum Gasteiger partial charge on any atom is 0.135 e. The highest BCUT2D eigenvalue weighted by Gasteiger charge is 2.08. The molecule has 1 aromatic rings. The fourth-order valence-corrected chi connectivity index (χ4v) is 2.28. The third kappa shape index (κ3) is 5.55. The lowest BCUT2D eigenvalue weighted by atomic mass is 10.3. The van der Waals surface area contributed by atoms with Crippen molar-refractivity contribution in [2.75, 3.05) is 20.3 Å². The third-order valence-corrected chi connectivity index (χ3v) is 3.64. The molecular formula is C14H19Br2NO2. The summed E-state index contributed by atoms with van der Waals surface area (Å²) in [6.45, 7) is 9.43. The molecule has 106 valence electrons. The molecule has 0 radical (unpaired) electrons. The number of hydrogen-bond acceptors (Lipinski definition) is 3. The molecule has 0 amide bonds. The van der Waals surface area contributed by atoms with E-state index in [9.17, 15) is 0 Å². The van der Waals surface area contributed by atoms with E-state index in [-0.39, 0.29) is 0 Å². The van der Waals surface area contributed by atoms with Crippen LogP contribution in [0.3, 0.4) is 0 Å². The zero-order chi connectivity index (χ0) is 14.4. The minimum Gasteiger partial charge on any atom is -0.496 e. The maximum atomic E-state index is 5.74. The van der Waals surface area contributed by atoms with Crippen molar-refractivity contribution >= 4 is 31.9 Å². The Morgan fingerprint density at radius 2 is 1.84 bits per heavy atom. The Morgan fingerprint density at radius 1 is 1.26 bits per heavy atom. The molecule has 0 saturated heterocycles. The van der Waals surface area contributed by atoms with Crippen LogP contribution in [-0.4, -0.2) is 26.3 Å². The summed E-state index contributed by atoms with van der Waals surface area (Å²) in [6, 6.07) is 4.19. The van der Waals surface area contributed by atoms with Crippen LogP contribution in [0.2, 0.25) is 0 Å². The monoisotopic (exact) mass is 391 g/mol. The Bertz CT molecular complexity index is 447. The lowest BCUT2D eigenvalue weighted by Crippen LogP contribution is -2.26. The van der Waals surface area contributed by atoms with Gasteiger partial charge in [-0.05, 0) is 49.6 Å². The van der Waals surface area contributed by atoms with E-state index in [1.54, 1.807) is 7.11 Å². The minimum atomic E-state index is 0.443. The van der Waals surface area contributed by atoms with Crippen LogP contribution in [0.1, 0.15) is 13.8 Å². The van der Waals surface area contributed by atoms with E-state index < -0.39 is 0 Å². The molecule has 1 N–H and O–H groups in total. The van der Waals surface area contributed by atoms with Crippen molar-refractivity contribution in [2.24, 2.45) is 0 Å². The number of nitrogens with one attached hydrogen (secondary N) is 1. The highest BCUT2D eigenvalue weighted by Crippen LogP contribution is 2.36. The van der Waals surface area contributed by atoms with E-state index in [4.69, 9.17) is 9.47 Å². The lowest BCUT2D eigenvalue weighted by molar-refractivity contribution is 0.343. The van der Waals surface area contributed by atoms with Gasteiger partial charge in [0.05, 0.1) is 16.1 Å². The van der Waals surface area contributed by atoms with Crippen LogP contribution in [0.15, 0.2) is 33.2 Å². The van der Waals surface area contributed by atoms with Gasteiger partial charge in [0, 0.05) is 12.6 Å². The summed E-state index contributed by atoms with van der Waals surface area (Å²) in [5.74, 6) is 1.53. The molecular weight excluding hydrogens is 374 g/mol. The second-order valence-corrected chi connectivity index (χ2v) is 6.20. The van der Waals surface area contributed by atoms with Crippen molar-refractivity contribution in [1.82, 2.24) is 5.32 Å². The van der Waals surface area contributed by atoms with Gasteiger partial charge in [-0.25, -0.2) is 0 Å². The third-order valence-electron chi connectivity index (χ3n) is 2.40. The standard InChI is InChI=1S/C14H19Br2NO2/c1-9(2)17-7-10(3)8-19-14-6-11(15)13(18-4)5-12(14)16/h5-6,9,17H,3,7-8H2,1-2,4H3. The summed E-state index contributed by atoms with van der Waals surface area (Å²) in [5.41, 5.74) is 1.01. The van der Waals surface area contributed by atoms with Crippen molar-refractivity contribution in [3.8, 4) is 11.5 Å². The van der Waals surface area contributed by atoms with Gasteiger partial charge in [-0.1, -0.05) is 20.4 Å². The summed E-state index contributed by atoms with van der Waals surface area (Å²) in [5, 5.41) is 3.31. The van der Waals surface area contributed by atoms with Gasteiger partial charge in [0.1, 0.15) is 18.1 Å². The van der Waals surface area contributed by atoms with Gasteiger partial charge < -0.3 is 14.8 Å². The molecule has 1 aromatic carbocycles. The predicted molar refractivity (Wildman–Crippen MR) is 86.2 cm³/mol. The number of methoxy groups -OCH3 is 1. The number of hydrogen-bond donors (Lipinski definition) is 1. The molecule has 1 rings (SSSR count). The fourth-order valence-electron chi connectivity index (χ4n) is 1.36. The Hall–Kier alpha value is -0.520. The van der Waals surface area contributed by atoms with Crippen molar-refractivity contribution in [1.29, 1.82) is 0 Å². The van der Waals surface area contributed by atoms with Gasteiger partial charge in [0.25, 0.3) is 0 Å². The number of halogens is 2. The van der Waals surface area contributed by atoms with Gasteiger partial charge >= 0.3 is 0 Å². The van der Waals surface area contributed by atoms with E-state index in [1.165, 1.54) is 0 Å². The van der Waals surface area contributed by atoms with Gasteiger partial charge in [-0.15, -0.1) is 0 Å². The minimum absolute atomic E-state index is 0.443. The molecule has 0 unspecified atom stereocenters. The van der Waals surface area contributed by atoms with Crippen LogP contribution < -0.4 is 14.8 Å². The van der Waals surface area contributed by atoms with Crippen molar-refractivity contribution in [3.63, 3.8) is 0 Å². The average Bonchev–Trinajstić information content (AvgIpc) is 2.36. The molecule has 0 aliphatic carbocycles. The van der Waals surface area contributed by atoms with Crippen molar-refractivity contribution in [3.05, 3.63) is 33.2 Å². The van der Waals surface area contributed by atoms with E-state index in [2.05, 4.69) is 57.6 Å². The molecule has 0 aromatic heterocycles. The molecule has 0 atom stereocenters. The second-order valence-electron chi connectivity index (χ2n) is 4.49. The molecule has 3 nitrogen and oxygen atoms in total. The molecule has 0 heterocycles. The average molecular weight is 393 g/mol. The van der Waals surface area contributed by atoms with Crippen molar-refractivity contribution in [2.45, 2.75) is 19.9 Å². The zero-order valence-corrected chi connectivity index (χ0v) is 14.6. The van der Waals surface area contributed by atoms with Crippen LogP contribution >= 0.6 is 31.9 Å². The SMILES string of the molecule is C=C(CNC(C)C)COc1cc(Br)c(OC)cc1Br. The van der Waals surface area contributed by atoms with Gasteiger partial charge in [-0.2, -0.15) is 0 Å². The first-order valence-corrected chi connectivity index (χ1v) is 7.58. The van der Waals surface area contributed by atoms with Crippen LogP contribution in [0.5, 0.6) is 11.5 Å². The topological polar surface area (TPSA) is 30.5 Å². The highest BCUT2D eigenvalue weighted by atomic mass is 79.9. The normalized spacial score (nSPS) is 10.6. The van der Waals surface area contributed by atoms with E-state index in [1.807, 2.05) is 12.1 Å². The smallest absolute Gasteiger partial charge is 0.135 e. The van der Waals surface area contributed by atoms with Gasteiger partial charge in [0.15, 0.2) is 0 Å². The summed E-state index contributed by atoms with van der Waals surface area (Å²) < 4.78 is 12.7.